The van der Waals surface area contributed by atoms with E-state index >= 15 is 0 Å². The first-order chi connectivity index (χ1) is 9.02. The van der Waals surface area contributed by atoms with Crippen LogP contribution in [0.15, 0.2) is 0 Å². The van der Waals surface area contributed by atoms with Crippen molar-refractivity contribution in [2.45, 2.75) is 45.8 Å². The Kier molecular flexibility index (Phi) is 5.69. The molecule has 0 spiro atoms. The van der Waals surface area contributed by atoms with Crippen molar-refractivity contribution < 1.29 is 15.0 Å². The molecule has 1 fully saturated rings. The third-order valence-electron chi connectivity index (χ3n) is 2.88. The van der Waals surface area contributed by atoms with Gasteiger partial charge in [0.05, 0.1) is 5.41 Å². The molecule has 0 atom stereocenters. The Morgan fingerprint density at radius 3 is 2.10 bits per heavy atom. The molecule has 5 nitrogen and oxygen atoms in total. The summed E-state index contributed by atoms with van der Waals surface area (Å²) in [4.78, 5) is 24.0. The topological polar surface area (TPSA) is 75.0 Å². The number of hydrogen-bond donors (Lipinski definition) is 2. The van der Waals surface area contributed by atoms with Gasteiger partial charge >= 0.3 is 0 Å². The molecule has 0 aliphatic carbocycles. The molecule has 1 heterocycles. The van der Waals surface area contributed by atoms with Crippen LogP contribution >= 0.6 is 23.7 Å². The lowest BCUT2D eigenvalue weighted by Gasteiger charge is -2.35. The maximum Gasteiger partial charge on any atom is 0.295 e. The average Bonchev–Trinajstić information content (AvgIpc) is 2.22. The van der Waals surface area contributed by atoms with Crippen LogP contribution in [0.5, 0.6) is 0 Å². The highest BCUT2D eigenvalue weighted by Crippen LogP contribution is 2.32. The highest BCUT2D eigenvalue weighted by Gasteiger charge is 2.35. The molecule has 20 heavy (non-hydrogen) atoms. The molecule has 114 valence electrons. The largest absolute Gasteiger partial charge is 0.295 e. The maximum absolute atomic E-state index is 12.1. The number of carbonyl (C=O) groups excluding carboxylic acids is 2. The van der Waals surface area contributed by atoms with Gasteiger partial charge in [-0.25, -0.2) is 4.31 Å². The Bertz CT molecular complexity index is 412. The van der Waals surface area contributed by atoms with Crippen LogP contribution in [0.2, 0.25) is 0 Å². The summed E-state index contributed by atoms with van der Waals surface area (Å²) in [5, 5.41) is 8.33. The lowest BCUT2D eigenvalue weighted by Crippen LogP contribution is -2.49. The second-order valence-electron chi connectivity index (χ2n) is 6.34. The molecule has 0 radical (unpaired) electrons. The fourth-order valence-corrected chi connectivity index (χ4v) is 3.13. The van der Waals surface area contributed by atoms with E-state index in [2.05, 4.69) is 9.62 Å². The summed E-state index contributed by atoms with van der Waals surface area (Å²) in [6, 6.07) is 0. The van der Waals surface area contributed by atoms with Crippen molar-refractivity contribution in [2.24, 2.45) is 5.41 Å². The van der Waals surface area contributed by atoms with Crippen LogP contribution in [-0.4, -0.2) is 38.3 Å². The van der Waals surface area contributed by atoms with E-state index < -0.39 is 9.99 Å². The Hall–Kier alpha value is -0.530. The minimum atomic E-state index is -0.660. The molecular formula is C13H24N3O2S2+. The second-order valence-corrected chi connectivity index (χ2v) is 9.08. The van der Waals surface area contributed by atoms with Crippen LogP contribution in [0.3, 0.4) is 0 Å². The van der Waals surface area contributed by atoms with Crippen molar-refractivity contribution in [2.75, 3.05) is 13.1 Å². The van der Waals surface area contributed by atoms with E-state index in [9.17, 15) is 9.59 Å². The van der Waals surface area contributed by atoms with Gasteiger partial charge in [0.25, 0.3) is 5.24 Å². The molecule has 1 saturated heterocycles. The zero-order chi connectivity index (χ0) is 15.6. The van der Waals surface area contributed by atoms with Gasteiger partial charge in [0, 0.05) is 24.9 Å². The SMILES string of the molecule is CC(C)(C)C(=[NH2+])SC(=O)NC(=O)C(C)(C)SN1CCC1. The minimum absolute atomic E-state index is 0.271. The van der Waals surface area contributed by atoms with E-state index in [1.54, 1.807) is 0 Å². The zero-order valence-electron chi connectivity index (χ0n) is 12.8. The first-order valence-electron chi connectivity index (χ1n) is 6.62. The van der Waals surface area contributed by atoms with Gasteiger partial charge in [-0.05, 0) is 41.0 Å². The van der Waals surface area contributed by atoms with Crippen LogP contribution in [0, 0.1) is 5.41 Å². The predicted octanol–water partition coefficient (Wildman–Crippen LogP) is 1.29. The Morgan fingerprint density at radius 1 is 1.15 bits per heavy atom. The molecule has 1 aliphatic rings. The summed E-state index contributed by atoms with van der Waals surface area (Å²) in [7, 11) is 0. The molecule has 0 saturated carbocycles. The van der Waals surface area contributed by atoms with Crippen LogP contribution < -0.4 is 10.7 Å². The monoisotopic (exact) mass is 318 g/mol. The lowest BCUT2D eigenvalue weighted by atomic mass is 9.99. The quantitative estimate of drug-likeness (QED) is 0.466. The number of nitrogens with zero attached hydrogens (tertiary/aromatic N) is 1. The molecule has 0 bridgehead atoms. The van der Waals surface area contributed by atoms with E-state index in [4.69, 9.17) is 5.41 Å². The number of amides is 2. The summed E-state index contributed by atoms with van der Waals surface area (Å²) < 4.78 is 1.47. The van der Waals surface area contributed by atoms with E-state index in [0.29, 0.717) is 5.04 Å². The Labute approximate surface area is 129 Å². The van der Waals surface area contributed by atoms with E-state index in [1.807, 2.05) is 34.6 Å². The summed E-state index contributed by atoms with van der Waals surface area (Å²) in [5.41, 5.74) is -0.271. The highest BCUT2D eigenvalue weighted by atomic mass is 32.2. The van der Waals surface area contributed by atoms with Gasteiger partial charge in [0.2, 0.25) is 11.0 Å². The fraction of sp³-hybridized carbons (Fsp3) is 0.769. The summed E-state index contributed by atoms with van der Waals surface area (Å²) in [6.07, 6.45) is 1.16. The number of thioether (sulfide) groups is 1. The molecule has 3 N–H and O–H groups in total. The van der Waals surface area contributed by atoms with Crippen LogP contribution in [0.1, 0.15) is 41.0 Å². The number of hydrogen-bond acceptors (Lipinski definition) is 5. The normalized spacial score (nSPS) is 16.4. The highest BCUT2D eigenvalue weighted by molar-refractivity contribution is 8.26. The summed E-state index contributed by atoms with van der Waals surface area (Å²) in [6.45, 7) is 11.4. The molecule has 0 aromatic heterocycles. The van der Waals surface area contributed by atoms with Gasteiger partial charge in [0.1, 0.15) is 4.75 Å². The molecular weight excluding hydrogens is 294 g/mol. The fourth-order valence-electron chi connectivity index (χ4n) is 1.26. The van der Waals surface area contributed by atoms with Gasteiger partial charge in [-0.3, -0.25) is 20.3 Å². The third-order valence-corrected chi connectivity index (χ3v) is 5.26. The van der Waals surface area contributed by atoms with Crippen LogP contribution in [-0.2, 0) is 4.79 Å². The zero-order valence-corrected chi connectivity index (χ0v) is 14.4. The Morgan fingerprint density at radius 2 is 1.70 bits per heavy atom. The number of nitrogens with one attached hydrogen (secondary N) is 1. The van der Waals surface area contributed by atoms with Gasteiger partial charge in [0.15, 0.2) is 0 Å². The van der Waals surface area contributed by atoms with Crippen molar-refractivity contribution in [1.82, 2.24) is 9.62 Å². The van der Waals surface area contributed by atoms with Crippen molar-refractivity contribution in [1.29, 1.82) is 0 Å². The molecule has 2 amide bonds. The maximum atomic E-state index is 12.1. The Balaban J connectivity index is 2.47. The molecule has 1 aliphatic heterocycles. The minimum Gasteiger partial charge on any atom is -0.285 e. The van der Waals surface area contributed by atoms with E-state index in [0.717, 1.165) is 31.3 Å². The third kappa shape index (κ3) is 5.10. The van der Waals surface area contributed by atoms with Crippen molar-refractivity contribution >= 4 is 39.9 Å². The predicted molar refractivity (Wildman–Crippen MR) is 85.4 cm³/mol. The average molecular weight is 318 g/mol. The molecule has 0 aromatic rings. The van der Waals surface area contributed by atoms with Gasteiger partial charge in [-0.1, -0.05) is 11.9 Å². The van der Waals surface area contributed by atoms with Crippen LogP contribution in [0.4, 0.5) is 4.79 Å². The number of imide groups is 1. The molecule has 1 rings (SSSR count). The number of nitrogens with two attached hydrogens (primary N) is 1. The van der Waals surface area contributed by atoms with Crippen molar-refractivity contribution in [3.05, 3.63) is 0 Å². The molecule has 7 heteroatoms. The first-order valence-corrected chi connectivity index (χ1v) is 8.21. The van der Waals surface area contributed by atoms with Gasteiger partial charge in [-0.15, -0.1) is 0 Å². The van der Waals surface area contributed by atoms with E-state index in [1.165, 1.54) is 11.9 Å². The van der Waals surface area contributed by atoms with Crippen molar-refractivity contribution in [3.63, 3.8) is 0 Å². The van der Waals surface area contributed by atoms with Gasteiger partial charge in [-0.2, -0.15) is 0 Å². The summed E-state index contributed by atoms with van der Waals surface area (Å²) in [5.74, 6) is -0.284. The van der Waals surface area contributed by atoms with Gasteiger partial charge < -0.3 is 0 Å². The van der Waals surface area contributed by atoms with Crippen LogP contribution in [0.25, 0.3) is 0 Å². The number of rotatable bonds is 3. The first kappa shape index (κ1) is 17.5. The van der Waals surface area contributed by atoms with Crippen molar-refractivity contribution in [3.8, 4) is 0 Å². The standard InChI is InChI=1S/C13H23N3O2S2/c1-12(2,3)9(14)19-11(18)15-10(17)13(4,5)20-16-7-6-8-16/h14H,6-8H2,1-5H3,(H,15,17,18)/p+1. The molecule has 0 aromatic carbocycles. The number of carbonyl (C=O) groups is 2. The molecule has 0 unspecified atom stereocenters. The van der Waals surface area contributed by atoms with E-state index in [-0.39, 0.29) is 11.3 Å². The summed E-state index contributed by atoms with van der Waals surface area (Å²) >= 11 is 2.38. The second kappa shape index (κ2) is 6.49. The smallest absolute Gasteiger partial charge is 0.285 e. The lowest BCUT2D eigenvalue weighted by molar-refractivity contribution is -0.121.